The lowest BCUT2D eigenvalue weighted by Gasteiger charge is -2.27. The van der Waals surface area contributed by atoms with E-state index in [1.807, 2.05) is 18.2 Å². The number of halogens is 2. The zero-order chi connectivity index (χ0) is 11.8. The van der Waals surface area contributed by atoms with Crippen LogP contribution in [0.4, 0.5) is 4.39 Å². The molecule has 0 fully saturated rings. The summed E-state index contributed by atoms with van der Waals surface area (Å²) in [6.07, 6.45) is 1.82. The molecule has 3 heteroatoms. The van der Waals surface area contributed by atoms with Crippen molar-refractivity contribution in [2.75, 3.05) is 0 Å². The molecule has 1 aliphatic carbocycles. The molecular formula is C13H12ClFO. The lowest BCUT2D eigenvalue weighted by Crippen LogP contribution is -2.32. The highest BCUT2D eigenvalue weighted by atomic mass is 35.5. The predicted molar refractivity (Wildman–Crippen MR) is 63.9 cm³/mol. The molecule has 1 nitrogen and oxygen atoms in total. The van der Waals surface area contributed by atoms with Gasteiger partial charge in [0.05, 0.1) is 11.0 Å². The molecule has 2 unspecified atom stereocenters. The van der Waals surface area contributed by atoms with Gasteiger partial charge in [0.2, 0.25) is 0 Å². The molecule has 0 heterocycles. The van der Waals surface area contributed by atoms with Crippen LogP contribution in [0.25, 0.3) is 5.57 Å². The lowest BCUT2D eigenvalue weighted by atomic mass is 9.90. The maximum Gasteiger partial charge on any atom is 0.128 e. The third-order valence-electron chi connectivity index (χ3n) is 2.65. The van der Waals surface area contributed by atoms with Crippen molar-refractivity contribution in [2.24, 2.45) is 0 Å². The number of benzene rings is 1. The fraction of sp³-hybridized carbons (Fsp3) is 0.231. The second-order valence-electron chi connectivity index (χ2n) is 4.03. The van der Waals surface area contributed by atoms with Crippen LogP contribution in [0.15, 0.2) is 48.3 Å². The van der Waals surface area contributed by atoms with Gasteiger partial charge in [-0.3, -0.25) is 0 Å². The van der Waals surface area contributed by atoms with Crippen LogP contribution in [-0.2, 0) is 0 Å². The number of aliphatic hydroxyl groups excluding tert-OH is 1. The Bertz CT molecular complexity index is 448. The molecule has 0 aliphatic heterocycles. The summed E-state index contributed by atoms with van der Waals surface area (Å²) >= 11 is 5.96. The fourth-order valence-electron chi connectivity index (χ4n) is 1.66. The number of hydrogen-bond acceptors (Lipinski definition) is 1. The molecule has 0 radical (unpaired) electrons. The van der Waals surface area contributed by atoms with Crippen molar-refractivity contribution in [3.8, 4) is 0 Å². The second-order valence-corrected chi connectivity index (χ2v) is 4.85. The van der Waals surface area contributed by atoms with E-state index in [1.165, 1.54) is 12.2 Å². The molecule has 2 rings (SSSR count). The molecule has 16 heavy (non-hydrogen) atoms. The first-order chi connectivity index (χ1) is 7.50. The SMILES string of the molecule is CC1(Cl)C=C(F)C(c2ccccc2)=CC1O. The Morgan fingerprint density at radius 1 is 1.31 bits per heavy atom. The number of hydrogen-bond donors (Lipinski definition) is 1. The highest BCUT2D eigenvalue weighted by molar-refractivity contribution is 6.26. The summed E-state index contributed by atoms with van der Waals surface area (Å²) in [7, 11) is 0. The number of allylic oxidation sites excluding steroid dienone is 2. The highest BCUT2D eigenvalue weighted by Gasteiger charge is 2.32. The van der Waals surface area contributed by atoms with Gasteiger partial charge >= 0.3 is 0 Å². The van der Waals surface area contributed by atoms with Crippen molar-refractivity contribution < 1.29 is 9.50 Å². The topological polar surface area (TPSA) is 20.2 Å². The van der Waals surface area contributed by atoms with Crippen molar-refractivity contribution in [2.45, 2.75) is 17.9 Å². The van der Waals surface area contributed by atoms with Crippen molar-refractivity contribution in [1.82, 2.24) is 0 Å². The van der Waals surface area contributed by atoms with E-state index in [0.717, 1.165) is 5.56 Å². The smallest absolute Gasteiger partial charge is 0.128 e. The van der Waals surface area contributed by atoms with Gasteiger partial charge in [0.15, 0.2) is 0 Å². The second kappa shape index (κ2) is 4.04. The third-order valence-corrected chi connectivity index (χ3v) is 2.99. The third kappa shape index (κ3) is 2.04. The normalized spacial score (nSPS) is 29.6. The number of alkyl halides is 1. The van der Waals surface area contributed by atoms with Crippen LogP contribution in [0.2, 0.25) is 0 Å². The average Bonchev–Trinajstić information content (AvgIpc) is 2.24. The van der Waals surface area contributed by atoms with Crippen LogP contribution in [0.5, 0.6) is 0 Å². The average molecular weight is 239 g/mol. The van der Waals surface area contributed by atoms with Crippen LogP contribution in [0.1, 0.15) is 12.5 Å². The largest absolute Gasteiger partial charge is 0.387 e. The summed E-state index contributed by atoms with van der Waals surface area (Å²) in [6.45, 7) is 1.58. The Labute approximate surface area is 98.9 Å². The van der Waals surface area contributed by atoms with Gasteiger partial charge in [0.25, 0.3) is 0 Å². The summed E-state index contributed by atoms with van der Waals surface area (Å²) in [5, 5.41) is 9.77. The van der Waals surface area contributed by atoms with Gasteiger partial charge in [-0.25, -0.2) is 4.39 Å². The summed E-state index contributed by atoms with van der Waals surface area (Å²) in [6, 6.07) is 9.09. The van der Waals surface area contributed by atoms with Crippen LogP contribution < -0.4 is 0 Å². The molecule has 0 aromatic heterocycles. The van der Waals surface area contributed by atoms with Crippen molar-refractivity contribution in [1.29, 1.82) is 0 Å². The quantitative estimate of drug-likeness (QED) is 0.745. The van der Waals surface area contributed by atoms with E-state index < -0.39 is 16.8 Å². The maximum absolute atomic E-state index is 13.8. The van der Waals surface area contributed by atoms with Crippen molar-refractivity contribution >= 4 is 17.2 Å². The summed E-state index contributed by atoms with van der Waals surface area (Å²) < 4.78 is 13.8. The Morgan fingerprint density at radius 3 is 2.56 bits per heavy atom. The first kappa shape index (κ1) is 11.4. The van der Waals surface area contributed by atoms with Gasteiger partial charge < -0.3 is 5.11 Å². The van der Waals surface area contributed by atoms with Crippen LogP contribution in [0.3, 0.4) is 0 Å². The fourth-order valence-corrected chi connectivity index (χ4v) is 1.82. The molecule has 0 saturated heterocycles. The lowest BCUT2D eigenvalue weighted by molar-refractivity contribution is 0.195. The summed E-state index contributed by atoms with van der Waals surface area (Å²) in [5.74, 6) is -0.394. The Morgan fingerprint density at radius 2 is 1.94 bits per heavy atom. The summed E-state index contributed by atoms with van der Waals surface area (Å²) in [5.41, 5.74) is 1.13. The van der Waals surface area contributed by atoms with E-state index in [9.17, 15) is 9.50 Å². The number of rotatable bonds is 1. The van der Waals surface area contributed by atoms with E-state index in [4.69, 9.17) is 11.6 Å². The molecule has 1 aliphatic rings. The molecular weight excluding hydrogens is 227 g/mol. The molecule has 1 aromatic rings. The van der Waals surface area contributed by atoms with Crippen molar-refractivity contribution in [3.05, 3.63) is 53.9 Å². The van der Waals surface area contributed by atoms with E-state index in [-0.39, 0.29) is 0 Å². The van der Waals surface area contributed by atoms with E-state index in [2.05, 4.69) is 0 Å². The standard InChI is InChI=1S/C13H12ClFO/c1-13(14)8-11(15)10(7-12(13)16)9-5-3-2-4-6-9/h2-8,12,16H,1H3. The molecule has 0 bridgehead atoms. The van der Waals surface area contributed by atoms with E-state index in [0.29, 0.717) is 5.57 Å². The molecule has 0 amide bonds. The number of aliphatic hydroxyl groups is 1. The van der Waals surface area contributed by atoms with Crippen LogP contribution in [-0.4, -0.2) is 16.1 Å². The van der Waals surface area contributed by atoms with Crippen LogP contribution >= 0.6 is 11.6 Å². The minimum Gasteiger partial charge on any atom is -0.387 e. The highest BCUT2D eigenvalue weighted by Crippen LogP contribution is 2.36. The molecule has 2 atom stereocenters. The first-order valence-electron chi connectivity index (χ1n) is 5.03. The minimum absolute atomic E-state index is 0.394. The monoisotopic (exact) mass is 238 g/mol. The maximum atomic E-state index is 13.8. The van der Waals surface area contributed by atoms with Gasteiger partial charge in [-0.1, -0.05) is 30.3 Å². The molecule has 0 spiro atoms. The van der Waals surface area contributed by atoms with Gasteiger partial charge in [-0.05, 0) is 24.6 Å². The van der Waals surface area contributed by atoms with E-state index >= 15 is 0 Å². The molecule has 1 aromatic carbocycles. The molecule has 0 saturated carbocycles. The van der Waals surface area contributed by atoms with E-state index in [1.54, 1.807) is 19.1 Å². The van der Waals surface area contributed by atoms with Gasteiger partial charge in [0.1, 0.15) is 5.83 Å². The molecule has 1 N–H and O–H groups in total. The first-order valence-corrected chi connectivity index (χ1v) is 5.41. The van der Waals surface area contributed by atoms with Gasteiger partial charge in [0, 0.05) is 5.57 Å². The zero-order valence-electron chi connectivity index (χ0n) is 8.82. The Balaban J connectivity index is 2.42. The zero-order valence-corrected chi connectivity index (χ0v) is 9.58. The Hall–Kier alpha value is -1.12. The van der Waals surface area contributed by atoms with Gasteiger partial charge in [-0.2, -0.15) is 0 Å². The summed E-state index contributed by atoms with van der Waals surface area (Å²) in [4.78, 5) is -1.07. The Kier molecular flexibility index (Phi) is 2.87. The van der Waals surface area contributed by atoms with Crippen LogP contribution in [0, 0.1) is 0 Å². The predicted octanol–water partition coefficient (Wildman–Crippen LogP) is 3.30. The molecule has 84 valence electrons. The van der Waals surface area contributed by atoms with Crippen molar-refractivity contribution in [3.63, 3.8) is 0 Å². The minimum atomic E-state index is -1.07. The van der Waals surface area contributed by atoms with Gasteiger partial charge in [-0.15, -0.1) is 11.6 Å².